The summed E-state index contributed by atoms with van der Waals surface area (Å²) in [6, 6.07) is 3.92. The summed E-state index contributed by atoms with van der Waals surface area (Å²) in [6.45, 7) is 6.59. The molecule has 0 bridgehead atoms. The normalized spacial score (nSPS) is 23.8. The van der Waals surface area contributed by atoms with Crippen molar-refractivity contribution in [1.29, 1.82) is 0 Å². The Kier molecular flexibility index (Phi) is 5.51. The first-order valence-electron chi connectivity index (χ1n) is 9.22. The van der Waals surface area contributed by atoms with Crippen LogP contribution in [0.5, 0.6) is 0 Å². The van der Waals surface area contributed by atoms with Gasteiger partial charge < -0.3 is 9.80 Å². The monoisotopic (exact) mass is 341 g/mol. The van der Waals surface area contributed by atoms with Crippen molar-refractivity contribution in [1.82, 2.24) is 14.8 Å². The number of hydrogen-bond acceptors (Lipinski definition) is 3. The Balaban J connectivity index is 1.62. The van der Waals surface area contributed by atoms with Gasteiger partial charge in [-0.25, -0.2) is 0 Å². The fraction of sp³-hybridized carbons (Fsp3) is 0.550. The van der Waals surface area contributed by atoms with Crippen LogP contribution in [0.25, 0.3) is 0 Å². The molecule has 134 valence electrons. The molecule has 0 aliphatic carbocycles. The number of hydrogen-bond donors (Lipinski definition) is 0. The zero-order chi connectivity index (χ0) is 17.7. The first kappa shape index (κ1) is 17.6. The molecule has 1 atom stereocenters. The number of allylic oxidation sites excluding steroid dienone is 1. The maximum atomic E-state index is 13.1. The highest BCUT2D eigenvalue weighted by Crippen LogP contribution is 2.42. The van der Waals surface area contributed by atoms with Crippen LogP contribution in [0.2, 0.25) is 0 Å². The van der Waals surface area contributed by atoms with Gasteiger partial charge in [-0.1, -0.05) is 12.1 Å². The lowest BCUT2D eigenvalue weighted by molar-refractivity contribution is -0.138. The van der Waals surface area contributed by atoms with Gasteiger partial charge in [-0.15, -0.1) is 6.58 Å². The third-order valence-corrected chi connectivity index (χ3v) is 5.56. The Morgan fingerprint density at radius 2 is 2.12 bits per heavy atom. The summed E-state index contributed by atoms with van der Waals surface area (Å²) >= 11 is 0. The molecule has 0 saturated carbocycles. The van der Waals surface area contributed by atoms with Gasteiger partial charge in [0.05, 0.1) is 5.41 Å². The molecule has 3 heterocycles. The minimum absolute atomic E-state index is 0.189. The van der Waals surface area contributed by atoms with E-state index in [9.17, 15) is 9.59 Å². The highest BCUT2D eigenvalue weighted by molar-refractivity contribution is 5.85. The SMILES string of the molecule is C=CCCC(=O)N1CCC[C@@]2(CC1)CCN(Cc1cccnc1)C2=O. The Bertz CT molecular complexity index is 631. The predicted octanol–water partition coefficient (Wildman–Crippen LogP) is 2.78. The van der Waals surface area contributed by atoms with Gasteiger partial charge in [-0.05, 0) is 43.7 Å². The molecule has 0 aromatic carbocycles. The lowest BCUT2D eigenvalue weighted by Gasteiger charge is -2.27. The quantitative estimate of drug-likeness (QED) is 0.774. The number of rotatable bonds is 5. The minimum atomic E-state index is -0.268. The number of nitrogens with zero attached hydrogens (tertiary/aromatic N) is 3. The molecular formula is C20H27N3O2. The average Bonchev–Trinajstić information content (AvgIpc) is 2.82. The Morgan fingerprint density at radius 3 is 2.88 bits per heavy atom. The van der Waals surface area contributed by atoms with Crippen LogP contribution in [0.15, 0.2) is 37.2 Å². The lowest BCUT2D eigenvalue weighted by Crippen LogP contribution is -2.36. The van der Waals surface area contributed by atoms with Crippen molar-refractivity contribution in [3.05, 3.63) is 42.7 Å². The lowest BCUT2D eigenvalue weighted by atomic mass is 9.79. The second-order valence-electron chi connectivity index (χ2n) is 7.18. The van der Waals surface area contributed by atoms with Crippen LogP contribution in [0.1, 0.15) is 44.1 Å². The molecule has 2 aliphatic rings. The van der Waals surface area contributed by atoms with E-state index in [4.69, 9.17) is 0 Å². The van der Waals surface area contributed by atoms with Crippen molar-refractivity contribution >= 4 is 11.8 Å². The smallest absolute Gasteiger partial charge is 0.229 e. The summed E-state index contributed by atoms with van der Waals surface area (Å²) in [6.07, 6.45) is 10.1. The van der Waals surface area contributed by atoms with Crippen molar-refractivity contribution in [3.8, 4) is 0 Å². The van der Waals surface area contributed by atoms with E-state index in [-0.39, 0.29) is 17.2 Å². The maximum Gasteiger partial charge on any atom is 0.229 e. The third-order valence-electron chi connectivity index (χ3n) is 5.56. The van der Waals surface area contributed by atoms with Gasteiger partial charge in [0.1, 0.15) is 0 Å². The third kappa shape index (κ3) is 3.91. The molecule has 0 radical (unpaired) electrons. The number of carbonyl (C=O) groups is 2. The molecule has 5 nitrogen and oxygen atoms in total. The van der Waals surface area contributed by atoms with E-state index < -0.39 is 0 Å². The van der Waals surface area contributed by atoms with Crippen LogP contribution < -0.4 is 0 Å². The second-order valence-corrected chi connectivity index (χ2v) is 7.18. The first-order chi connectivity index (χ1) is 12.1. The Morgan fingerprint density at radius 1 is 1.28 bits per heavy atom. The van der Waals surface area contributed by atoms with Gasteiger partial charge in [0, 0.05) is 45.0 Å². The Labute approximate surface area is 149 Å². The van der Waals surface area contributed by atoms with Crippen LogP contribution in [-0.4, -0.2) is 46.2 Å². The van der Waals surface area contributed by atoms with Crippen molar-refractivity contribution in [2.75, 3.05) is 19.6 Å². The summed E-state index contributed by atoms with van der Waals surface area (Å²) in [4.78, 5) is 33.4. The van der Waals surface area contributed by atoms with E-state index in [2.05, 4.69) is 11.6 Å². The fourth-order valence-electron chi connectivity index (χ4n) is 4.05. The number of amides is 2. The minimum Gasteiger partial charge on any atom is -0.343 e. The van der Waals surface area contributed by atoms with Gasteiger partial charge >= 0.3 is 0 Å². The van der Waals surface area contributed by atoms with Crippen LogP contribution in [0.4, 0.5) is 0 Å². The predicted molar refractivity (Wildman–Crippen MR) is 96.6 cm³/mol. The van der Waals surface area contributed by atoms with Gasteiger partial charge in [-0.2, -0.15) is 0 Å². The summed E-state index contributed by atoms with van der Waals surface area (Å²) in [5.41, 5.74) is 0.804. The van der Waals surface area contributed by atoms with Crippen molar-refractivity contribution in [2.24, 2.45) is 5.41 Å². The molecule has 5 heteroatoms. The topological polar surface area (TPSA) is 53.5 Å². The molecule has 0 unspecified atom stereocenters. The van der Waals surface area contributed by atoms with Gasteiger partial charge in [0.2, 0.25) is 11.8 Å². The second kappa shape index (κ2) is 7.81. The zero-order valence-corrected chi connectivity index (χ0v) is 14.8. The van der Waals surface area contributed by atoms with E-state index in [0.717, 1.165) is 50.8 Å². The van der Waals surface area contributed by atoms with Crippen molar-refractivity contribution < 1.29 is 9.59 Å². The summed E-state index contributed by atoms with van der Waals surface area (Å²) in [5.74, 6) is 0.450. The number of likely N-dealkylation sites (tertiary alicyclic amines) is 2. The fourth-order valence-corrected chi connectivity index (χ4v) is 4.05. The van der Waals surface area contributed by atoms with Crippen molar-refractivity contribution in [3.63, 3.8) is 0 Å². The summed E-state index contributed by atoms with van der Waals surface area (Å²) in [7, 11) is 0. The molecule has 1 aromatic rings. The number of carbonyl (C=O) groups excluding carboxylic acids is 2. The van der Waals surface area contributed by atoms with Gasteiger partial charge in [0.25, 0.3) is 0 Å². The van der Waals surface area contributed by atoms with E-state index in [1.165, 1.54) is 0 Å². The van der Waals surface area contributed by atoms with Crippen LogP contribution in [0.3, 0.4) is 0 Å². The number of aromatic nitrogens is 1. The first-order valence-corrected chi connectivity index (χ1v) is 9.22. The molecule has 2 saturated heterocycles. The van der Waals surface area contributed by atoms with Crippen molar-refractivity contribution in [2.45, 2.75) is 45.1 Å². The highest BCUT2D eigenvalue weighted by atomic mass is 16.2. The number of pyridine rings is 1. The van der Waals surface area contributed by atoms with Crippen LogP contribution >= 0.6 is 0 Å². The van der Waals surface area contributed by atoms with Crippen LogP contribution in [-0.2, 0) is 16.1 Å². The molecule has 25 heavy (non-hydrogen) atoms. The molecule has 3 rings (SSSR count). The molecular weight excluding hydrogens is 314 g/mol. The zero-order valence-electron chi connectivity index (χ0n) is 14.8. The van der Waals surface area contributed by atoms with E-state index in [1.54, 1.807) is 12.3 Å². The summed E-state index contributed by atoms with van der Waals surface area (Å²) in [5, 5.41) is 0. The largest absolute Gasteiger partial charge is 0.343 e. The molecule has 0 N–H and O–H groups in total. The summed E-state index contributed by atoms with van der Waals surface area (Å²) < 4.78 is 0. The highest BCUT2D eigenvalue weighted by Gasteiger charge is 2.47. The van der Waals surface area contributed by atoms with Crippen LogP contribution in [0, 0.1) is 5.41 Å². The Hall–Kier alpha value is -2.17. The van der Waals surface area contributed by atoms with Gasteiger partial charge in [0.15, 0.2) is 0 Å². The molecule has 2 amide bonds. The van der Waals surface area contributed by atoms with E-state index in [1.807, 2.05) is 28.1 Å². The maximum absolute atomic E-state index is 13.1. The average molecular weight is 341 g/mol. The molecule has 1 aromatic heterocycles. The van der Waals surface area contributed by atoms with E-state index in [0.29, 0.717) is 19.5 Å². The standard InChI is InChI=1S/C20H27N3O2/c1-2-3-7-18(24)22-12-5-8-20(9-13-22)10-14-23(19(20)25)16-17-6-4-11-21-15-17/h2,4,6,11,15H,1,3,5,7-10,12-14,16H2/t20-/m1/s1. The van der Waals surface area contributed by atoms with Gasteiger partial charge in [-0.3, -0.25) is 14.6 Å². The molecule has 1 spiro atoms. The molecule has 2 fully saturated rings. The van der Waals surface area contributed by atoms with E-state index >= 15 is 0 Å². The molecule has 2 aliphatic heterocycles.